The average Bonchev–Trinajstić information content (AvgIpc) is 2.86. The highest BCUT2D eigenvalue weighted by molar-refractivity contribution is 5.76. The van der Waals surface area contributed by atoms with E-state index in [0.29, 0.717) is 40.9 Å². The third kappa shape index (κ3) is 8.06. The van der Waals surface area contributed by atoms with Crippen molar-refractivity contribution >= 4 is 17.5 Å². The number of carboxylic acid groups (broad SMARTS) is 1. The number of rotatable bonds is 10. The van der Waals surface area contributed by atoms with Gasteiger partial charge in [0.15, 0.2) is 11.5 Å². The topological polar surface area (TPSA) is 126 Å². The third-order valence-electron chi connectivity index (χ3n) is 5.41. The van der Waals surface area contributed by atoms with Crippen molar-refractivity contribution in [3.05, 3.63) is 28.8 Å². The van der Waals surface area contributed by atoms with E-state index >= 15 is 0 Å². The molecule has 3 N–H and O–H groups in total. The summed E-state index contributed by atoms with van der Waals surface area (Å²) in [6.07, 6.45) is -0.338. The van der Waals surface area contributed by atoms with Crippen molar-refractivity contribution in [1.82, 2.24) is 4.98 Å². The Morgan fingerprint density at radius 2 is 1.68 bits per heavy atom. The molecule has 12 heteroatoms. The predicted octanol–water partition coefficient (Wildman–Crippen LogP) is 6.36. The van der Waals surface area contributed by atoms with Crippen LogP contribution < -0.4 is 24.8 Å². The van der Waals surface area contributed by atoms with E-state index in [9.17, 15) is 18.4 Å². The van der Waals surface area contributed by atoms with Gasteiger partial charge in [-0.1, -0.05) is 34.1 Å². The SMILES string of the molecule is C.CCCCNc1nc2c(c(NCCCC)c1C#N)Cc1cc(OC)c(OC)cc1O2.O=C(O)C(F)(F)F. The molecule has 0 saturated carbocycles. The van der Waals surface area contributed by atoms with Gasteiger partial charge in [0, 0.05) is 36.7 Å². The van der Waals surface area contributed by atoms with Gasteiger partial charge in [0.05, 0.1) is 19.9 Å². The highest BCUT2D eigenvalue weighted by Crippen LogP contribution is 2.45. The first-order valence-corrected chi connectivity index (χ1v) is 11.8. The fourth-order valence-electron chi connectivity index (χ4n) is 3.49. The molecule has 0 fully saturated rings. The van der Waals surface area contributed by atoms with E-state index in [0.717, 1.165) is 55.6 Å². The fourth-order valence-corrected chi connectivity index (χ4v) is 3.49. The molecular formula is C26H35F3N4O5. The lowest BCUT2D eigenvalue weighted by Gasteiger charge is -2.25. The smallest absolute Gasteiger partial charge is 0.490 e. The van der Waals surface area contributed by atoms with Gasteiger partial charge in [-0.2, -0.15) is 23.4 Å². The number of fused-ring (bicyclic) bond motifs is 2. The highest BCUT2D eigenvalue weighted by Gasteiger charge is 2.38. The van der Waals surface area contributed by atoms with E-state index in [2.05, 4.69) is 35.5 Å². The van der Waals surface area contributed by atoms with Gasteiger partial charge in [-0.3, -0.25) is 0 Å². The molecule has 1 aromatic carbocycles. The number of carbonyl (C=O) groups is 1. The summed E-state index contributed by atoms with van der Waals surface area (Å²) in [6.45, 7) is 5.82. The minimum atomic E-state index is -5.08. The maximum atomic E-state index is 10.6. The lowest BCUT2D eigenvalue weighted by molar-refractivity contribution is -0.192. The largest absolute Gasteiger partial charge is 0.493 e. The van der Waals surface area contributed by atoms with Gasteiger partial charge < -0.3 is 30.0 Å². The molecular weight excluding hydrogens is 505 g/mol. The van der Waals surface area contributed by atoms with Gasteiger partial charge in [0.25, 0.3) is 0 Å². The summed E-state index contributed by atoms with van der Waals surface area (Å²) < 4.78 is 48.8. The van der Waals surface area contributed by atoms with Crippen molar-refractivity contribution in [2.24, 2.45) is 0 Å². The molecule has 210 valence electrons. The van der Waals surface area contributed by atoms with E-state index in [1.54, 1.807) is 14.2 Å². The van der Waals surface area contributed by atoms with E-state index in [-0.39, 0.29) is 7.43 Å². The Kier molecular flexibility index (Phi) is 12.5. The quantitative estimate of drug-likeness (QED) is 0.252. The second kappa shape index (κ2) is 14.8. The number of benzene rings is 1. The van der Waals surface area contributed by atoms with Gasteiger partial charge in [0.2, 0.25) is 5.88 Å². The molecule has 0 atom stereocenters. The highest BCUT2D eigenvalue weighted by atomic mass is 19.4. The van der Waals surface area contributed by atoms with Gasteiger partial charge in [-0.15, -0.1) is 0 Å². The molecule has 1 aromatic heterocycles. The number of aromatic nitrogens is 1. The molecule has 2 heterocycles. The second-order valence-corrected chi connectivity index (χ2v) is 8.06. The Morgan fingerprint density at radius 3 is 2.18 bits per heavy atom. The Balaban J connectivity index is 0.000000797. The summed E-state index contributed by atoms with van der Waals surface area (Å²) in [5, 5.41) is 23.8. The second-order valence-electron chi connectivity index (χ2n) is 8.06. The van der Waals surface area contributed by atoms with Crippen LogP contribution in [-0.2, 0) is 11.2 Å². The number of hydrogen-bond acceptors (Lipinski definition) is 8. The Morgan fingerprint density at radius 1 is 1.13 bits per heavy atom. The molecule has 9 nitrogen and oxygen atoms in total. The fraction of sp³-hybridized carbons (Fsp3) is 0.500. The minimum absolute atomic E-state index is 0. The number of pyridine rings is 1. The predicted molar refractivity (Wildman–Crippen MR) is 139 cm³/mol. The molecule has 3 rings (SSSR count). The molecule has 0 spiro atoms. The number of unbranched alkanes of at least 4 members (excludes halogenated alkanes) is 2. The first kappa shape index (κ1) is 32.1. The Hall–Kier alpha value is -3.88. The van der Waals surface area contributed by atoms with Crippen LogP contribution in [0.25, 0.3) is 0 Å². The maximum Gasteiger partial charge on any atom is 0.490 e. The number of nitrogens with one attached hydrogen (secondary N) is 2. The van der Waals surface area contributed by atoms with Crippen LogP contribution in [0, 0.1) is 11.3 Å². The molecule has 0 aliphatic carbocycles. The number of nitriles is 1. The van der Waals surface area contributed by atoms with Crippen LogP contribution in [0.5, 0.6) is 23.1 Å². The van der Waals surface area contributed by atoms with Gasteiger partial charge in [-0.05, 0) is 18.9 Å². The molecule has 0 unspecified atom stereocenters. The van der Waals surface area contributed by atoms with Crippen LogP contribution in [0.4, 0.5) is 24.7 Å². The number of methoxy groups -OCH3 is 2. The Bertz CT molecular complexity index is 1130. The van der Waals surface area contributed by atoms with E-state index in [1.165, 1.54) is 0 Å². The molecule has 1 aliphatic heterocycles. The van der Waals surface area contributed by atoms with Gasteiger partial charge in [-0.25, -0.2) is 4.79 Å². The number of ether oxygens (including phenoxy) is 3. The summed E-state index contributed by atoms with van der Waals surface area (Å²) in [4.78, 5) is 13.6. The van der Waals surface area contributed by atoms with Crippen LogP contribution >= 0.6 is 0 Å². The van der Waals surface area contributed by atoms with Crippen molar-refractivity contribution in [3.63, 3.8) is 0 Å². The molecule has 0 amide bonds. The standard InChI is InChI=1S/C23H30N4O3.C2HF3O2.CH4/c1-5-7-9-25-21-16-11-15-12-19(28-3)20(29-4)13-18(15)30-23(16)27-22(17(21)14-24)26-10-8-6-2;3-2(4,5)1(6)7;/h12-13H,5-11H2,1-4H3,(H2,25,26,27);(H,6,7);1H4. The van der Waals surface area contributed by atoms with Crippen molar-refractivity contribution in [1.29, 1.82) is 5.26 Å². The van der Waals surface area contributed by atoms with Crippen molar-refractivity contribution < 1.29 is 37.3 Å². The maximum absolute atomic E-state index is 10.6. The van der Waals surface area contributed by atoms with E-state index in [1.807, 2.05) is 12.1 Å². The number of anilines is 2. The number of hydrogen-bond donors (Lipinski definition) is 3. The number of alkyl halides is 3. The first-order chi connectivity index (χ1) is 17.6. The first-order valence-electron chi connectivity index (χ1n) is 11.8. The van der Waals surface area contributed by atoms with Gasteiger partial charge >= 0.3 is 12.1 Å². The molecule has 2 aromatic rings. The lowest BCUT2D eigenvalue weighted by Crippen LogP contribution is -2.21. The third-order valence-corrected chi connectivity index (χ3v) is 5.41. The molecule has 38 heavy (non-hydrogen) atoms. The normalized spacial score (nSPS) is 11.2. The average molecular weight is 541 g/mol. The summed E-state index contributed by atoms with van der Waals surface area (Å²) in [6, 6.07) is 6.09. The molecule has 0 bridgehead atoms. The van der Waals surface area contributed by atoms with E-state index < -0.39 is 12.1 Å². The van der Waals surface area contributed by atoms with Crippen molar-refractivity contribution in [2.75, 3.05) is 37.9 Å². The summed E-state index contributed by atoms with van der Waals surface area (Å²) in [7, 11) is 3.22. The number of halogens is 3. The van der Waals surface area contributed by atoms with Crippen LogP contribution in [0.15, 0.2) is 12.1 Å². The summed E-state index contributed by atoms with van der Waals surface area (Å²) in [5.74, 6) is 0.272. The lowest BCUT2D eigenvalue weighted by atomic mass is 9.98. The zero-order valence-corrected chi connectivity index (χ0v) is 21.2. The zero-order chi connectivity index (χ0) is 27.6. The number of carboxylic acids is 1. The van der Waals surface area contributed by atoms with Crippen LogP contribution in [0.3, 0.4) is 0 Å². The van der Waals surface area contributed by atoms with Crippen molar-refractivity contribution in [3.8, 4) is 29.2 Å². The van der Waals surface area contributed by atoms with E-state index in [4.69, 9.17) is 24.1 Å². The van der Waals surface area contributed by atoms with Crippen LogP contribution in [0.1, 0.15) is 63.6 Å². The molecule has 0 radical (unpaired) electrons. The zero-order valence-electron chi connectivity index (χ0n) is 21.2. The molecule has 0 saturated heterocycles. The van der Waals surface area contributed by atoms with Crippen LogP contribution in [-0.4, -0.2) is 49.5 Å². The van der Waals surface area contributed by atoms with Gasteiger partial charge in [0.1, 0.15) is 23.2 Å². The summed E-state index contributed by atoms with van der Waals surface area (Å²) in [5.41, 5.74) is 3.20. The van der Waals surface area contributed by atoms with Crippen molar-refractivity contribution in [2.45, 2.75) is 59.6 Å². The summed E-state index contributed by atoms with van der Waals surface area (Å²) >= 11 is 0. The number of aliphatic carboxylic acids is 1. The molecule has 1 aliphatic rings. The monoisotopic (exact) mass is 540 g/mol. The van der Waals surface area contributed by atoms with Crippen LogP contribution in [0.2, 0.25) is 0 Å². The Labute approximate surface area is 220 Å². The number of nitrogens with zero attached hydrogens (tertiary/aromatic N) is 2. The minimum Gasteiger partial charge on any atom is -0.493 e.